The normalized spacial score (nSPS) is 10.4. The van der Waals surface area contributed by atoms with Crippen molar-refractivity contribution >= 4 is 39.8 Å². The quantitative estimate of drug-likeness (QED) is 0.545. The third kappa shape index (κ3) is 4.58. The maximum absolute atomic E-state index is 13.0. The van der Waals surface area contributed by atoms with Crippen molar-refractivity contribution in [1.82, 2.24) is 0 Å². The van der Waals surface area contributed by atoms with E-state index in [1.54, 1.807) is 50.2 Å². The third-order valence-corrected chi connectivity index (χ3v) is 5.67. The minimum atomic E-state index is -0.523. The van der Waals surface area contributed by atoms with Crippen LogP contribution in [0.15, 0.2) is 54.6 Å². The van der Waals surface area contributed by atoms with E-state index < -0.39 is 11.9 Å². The van der Waals surface area contributed by atoms with Gasteiger partial charge in [0.2, 0.25) is 0 Å². The lowest BCUT2D eigenvalue weighted by Gasteiger charge is -2.10. The molecule has 154 valence electrons. The Kier molecular flexibility index (Phi) is 6.64. The maximum atomic E-state index is 13.0. The number of hydrogen-bond acceptors (Lipinski definition) is 5. The van der Waals surface area contributed by atoms with Crippen molar-refractivity contribution in [3.8, 4) is 0 Å². The highest BCUT2D eigenvalue weighted by atomic mass is 32.1. The number of aryl methyl sites for hydroxylation is 1. The van der Waals surface area contributed by atoms with Gasteiger partial charge in [-0.15, -0.1) is 11.3 Å². The smallest absolute Gasteiger partial charge is 0.348 e. The SMILES string of the molecule is CCOC(=O)c1sc(NC(=O)c2ccccc2C)c(C(=O)Nc2ccccc2)c1C. The summed E-state index contributed by atoms with van der Waals surface area (Å²) in [7, 11) is 0. The van der Waals surface area contributed by atoms with Gasteiger partial charge in [0.1, 0.15) is 9.88 Å². The number of rotatable bonds is 6. The Morgan fingerprint density at radius 1 is 0.900 bits per heavy atom. The predicted molar refractivity (Wildman–Crippen MR) is 119 cm³/mol. The highest BCUT2D eigenvalue weighted by Crippen LogP contribution is 2.34. The van der Waals surface area contributed by atoms with Gasteiger partial charge in [0.05, 0.1) is 12.2 Å². The maximum Gasteiger partial charge on any atom is 0.348 e. The number of hydrogen-bond donors (Lipinski definition) is 2. The summed E-state index contributed by atoms with van der Waals surface area (Å²) in [5.74, 6) is -1.28. The van der Waals surface area contributed by atoms with Crippen molar-refractivity contribution in [1.29, 1.82) is 0 Å². The van der Waals surface area contributed by atoms with Gasteiger partial charge in [-0.1, -0.05) is 36.4 Å². The zero-order chi connectivity index (χ0) is 21.7. The van der Waals surface area contributed by atoms with Crippen molar-refractivity contribution in [2.45, 2.75) is 20.8 Å². The minimum Gasteiger partial charge on any atom is -0.462 e. The minimum absolute atomic E-state index is 0.215. The molecule has 0 atom stereocenters. The van der Waals surface area contributed by atoms with Crippen LogP contribution in [0.1, 0.15) is 48.4 Å². The van der Waals surface area contributed by atoms with E-state index in [2.05, 4.69) is 10.6 Å². The van der Waals surface area contributed by atoms with Crippen LogP contribution in [0.25, 0.3) is 0 Å². The highest BCUT2D eigenvalue weighted by Gasteiger charge is 2.27. The Morgan fingerprint density at radius 2 is 1.57 bits per heavy atom. The molecular weight excluding hydrogens is 400 g/mol. The summed E-state index contributed by atoms with van der Waals surface area (Å²) >= 11 is 1.03. The van der Waals surface area contributed by atoms with E-state index in [0.29, 0.717) is 21.8 Å². The molecule has 1 heterocycles. The molecule has 2 amide bonds. The van der Waals surface area contributed by atoms with Crippen molar-refractivity contribution in [3.63, 3.8) is 0 Å². The first-order valence-electron chi connectivity index (χ1n) is 9.46. The molecule has 0 saturated heterocycles. The molecule has 3 rings (SSSR count). The second kappa shape index (κ2) is 9.37. The van der Waals surface area contributed by atoms with Gasteiger partial charge in [-0.25, -0.2) is 4.79 Å². The van der Waals surface area contributed by atoms with E-state index in [4.69, 9.17) is 4.74 Å². The lowest BCUT2D eigenvalue weighted by Crippen LogP contribution is -2.18. The van der Waals surface area contributed by atoms with Crippen LogP contribution in [0.4, 0.5) is 10.7 Å². The predicted octanol–water partition coefficient (Wildman–Crippen LogP) is 5.05. The fourth-order valence-corrected chi connectivity index (χ4v) is 4.07. The fraction of sp³-hybridized carbons (Fsp3) is 0.174. The number of para-hydroxylation sites is 1. The second-order valence-electron chi connectivity index (χ2n) is 6.57. The molecule has 2 N–H and O–H groups in total. The average Bonchev–Trinajstić information content (AvgIpc) is 3.05. The Bertz CT molecular complexity index is 1090. The van der Waals surface area contributed by atoms with Gasteiger partial charge < -0.3 is 15.4 Å². The Morgan fingerprint density at radius 3 is 2.23 bits per heavy atom. The molecule has 3 aromatic rings. The molecule has 6 nitrogen and oxygen atoms in total. The van der Waals surface area contributed by atoms with Crippen molar-refractivity contribution in [2.24, 2.45) is 0 Å². The summed E-state index contributed by atoms with van der Waals surface area (Å²) in [6, 6.07) is 16.1. The molecule has 2 aromatic carbocycles. The zero-order valence-corrected chi connectivity index (χ0v) is 17.8. The molecule has 0 radical (unpaired) electrons. The van der Waals surface area contributed by atoms with Gasteiger partial charge in [-0.2, -0.15) is 0 Å². The molecule has 0 aliphatic heterocycles. The molecular formula is C23H22N2O4S. The fourth-order valence-electron chi connectivity index (χ4n) is 2.98. The summed E-state index contributed by atoms with van der Waals surface area (Å²) in [6.45, 7) is 5.44. The van der Waals surface area contributed by atoms with E-state index in [1.165, 1.54) is 0 Å². The number of thiophene rings is 1. The standard InChI is InChI=1S/C23H22N2O4S/c1-4-29-23(28)19-15(3)18(21(27)24-16-11-6-5-7-12-16)22(30-19)25-20(26)17-13-9-8-10-14(17)2/h5-13H,4H2,1-3H3,(H,24,27)(H,25,26). The van der Waals surface area contributed by atoms with Crippen LogP contribution in [0.3, 0.4) is 0 Å². The number of nitrogens with one attached hydrogen (secondary N) is 2. The van der Waals surface area contributed by atoms with E-state index in [0.717, 1.165) is 16.9 Å². The van der Waals surface area contributed by atoms with Gasteiger partial charge in [0.15, 0.2) is 0 Å². The summed E-state index contributed by atoms with van der Waals surface area (Å²) in [6.07, 6.45) is 0. The van der Waals surface area contributed by atoms with E-state index in [1.807, 2.05) is 25.1 Å². The lowest BCUT2D eigenvalue weighted by molar-refractivity contribution is 0.0531. The number of benzene rings is 2. The summed E-state index contributed by atoms with van der Waals surface area (Å²) in [4.78, 5) is 38.5. The molecule has 0 unspecified atom stereocenters. The lowest BCUT2D eigenvalue weighted by atomic mass is 10.1. The highest BCUT2D eigenvalue weighted by molar-refractivity contribution is 7.18. The van der Waals surface area contributed by atoms with E-state index in [9.17, 15) is 14.4 Å². The van der Waals surface area contributed by atoms with Gasteiger partial charge >= 0.3 is 5.97 Å². The van der Waals surface area contributed by atoms with Gasteiger partial charge in [-0.3, -0.25) is 9.59 Å². The number of carbonyl (C=O) groups excluding carboxylic acids is 3. The molecule has 1 aromatic heterocycles. The molecule has 7 heteroatoms. The topological polar surface area (TPSA) is 84.5 Å². The first kappa shape index (κ1) is 21.3. The molecule has 0 spiro atoms. The van der Waals surface area contributed by atoms with Gasteiger partial charge in [0.25, 0.3) is 11.8 Å². The number of carbonyl (C=O) groups is 3. The monoisotopic (exact) mass is 422 g/mol. The van der Waals surface area contributed by atoms with Crippen LogP contribution in [-0.4, -0.2) is 24.4 Å². The Labute approximate surface area is 178 Å². The van der Waals surface area contributed by atoms with Crippen molar-refractivity contribution < 1.29 is 19.1 Å². The van der Waals surface area contributed by atoms with Crippen LogP contribution in [0.2, 0.25) is 0 Å². The van der Waals surface area contributed by atoms with E-state index in [-0.39, 0.29) is 23.0 Å². The molecule has 0 fully saturated rings. The molecule has 30 heavy (non-hydrogen) atoms. The molecule has 0 bridgehead atoms. The first-order chi connectivity index (χ1) is 14.4. The third-order valence-electron chi connectivity index (χ3n) is 4.48. The first-order valence-corrected chi connectivity index (χ1v) is 10.3. The summed E-state index contributed by atoms with van der Waals surface area (Å²) in [5.41, 5.74) is 2.63. The molecule has 0 aliphatic rings. The molecule has 0 saturated carbocycles. The van der Waals surface area contributed by atoms with Gasteiger partial charge in [0, 0.05) is 11.3 Å². The van der Waals surface area contributed by atoms with Gasteiger partial charge in [-0.05, 0) is 50.1 Å². The Hall–Kier alpha value is -3.45. The molecule has 0 aliphatic carbocycles. The number of ether oxygens (including phenoxy) is 1. The van der Waals surface area contributed by atoms with Crippen LogP contribution in [-0.2, 0) is 4.74 Å². The van der Waals surface area contributed by atoms with Crippen molar-refractivity contribution in [2.75, 3.05) is 17.2 Å². The van der Waals surface area contributed by atoms with Crippen LogP contribution in [0, 0.1) is 13.8 Å². The van der Waals surface area contributed by atoms with Crippen LogP contribution >= 0.6 is 11.3 Å². The van der Waals surface area contributed by atoms with Crippen molar-refractivity contribution in [3.05, 3.63) is 81.7 Å². The largest absolute Gasteiger partial charge is 0.462 e. The number of esters is 1. The average molecular weight is 423 g/mol. The Balaban J connectivity index is 1.98. The number of anilines is 2. The van der Waals surface area contributed by atoms with Crippen LogP contribution < -0.4 is 10.6 Å². The van der Waals surface area contributed by atoms with E-state index >= 15 is 0 Å². The number of amides is 2. The zero-order valence-electron chi connectivity index (χ0n) is 16.9. The van der Waals surface area contributed by atoms with Crippen LogP contribution in [0.5, 0.6) is 0 Å². The second-order valence-corrected chi connectivity index (χ2v) is 7.59. The summed E-state index contributed by atoms with van der Waals surface area (Å²) < 4.78 is 5.11. The summed E-state index contributed by atoms with van der Waals surface area (Å²) in [5, 5.41) is 5.92.